The molecule has 156 valence electrons. The van der Waals surface area contributed by atoms with Crippen molar-refractivity contribution in [3.63, 3.8) is 0 Å². The van der Waals surface area contributed by atoms with E-state index in [9.17, 15) is 17.6 Å². The van der Waals surface area contributed by atoms with Crippen LogP contribution in [-0.2, 0) is 0 Å². The van der Waals surface area contributed by atoms with Crippen molar-refractivity contribution < 1.29 is 17.6 Å². The fourth-order valence-corrected chi connectivity index (χ4v) is 5.09. The molecule has 0 radical (unpaired) electrons. The molecule has 2 aliphatic carbocycles. The van der Waals surface area contributed by atoms with Crippen molar-refractivity contribution in [3.8, 4) is 0 Å². The van der Waals surface area contributed by atoms with Gasteiger partial charge in [-0.05, 0) is 99.2 Å². The van der Waals surface area contributed by atoms with Crippen LogP contribution in [0.15, 0.2) is 24.3 Å². The van der Waals surface area contributed by atoms with Gasteiger partial charge in [-0.15, -0.1) is 0 Å². The Hall–Kier alpha value is -1.32. The lowest BCUT2D eigenvalue weighted by Crippen LogP contribution is -2.17. The Labute approximate surface area is 166 Å². The highest BCUT2D eigenvalue weighted by Gasteiger charge is 2.26. The van der Waals surface area contributed by atoms with Crippen LogP contribution < -0.4 is 0 Å². The minimum absolute atomic E-state index is 0.146. The summed E-state index contributed by atoms with van der Waals surface area (Å²) >= 11 is 0. The lowest BCUT2D eigenvalue weighted by molar-refractivity contribution is 0.245. The topological polar surface area (TPSA) is 0 Å². The van der Waals surface area contributed by atoms with Gasteiger partial charge in [0.25, 0.3) is 0 Å². The number of benzene rings is 1. The van der Waals surface area contributed by atoms with Gasteiger partial charge in [0, 0.05) is 0 Å². The molecule has 0 saturated heterocycles. The summed E-state index contributed by atoms with van der Waals surface area (Å²) in [6, 6.07) is 2.34. The summed E-state index contributed by atoms with van der Waals surface area (Å²) in [4.78, 5) is 0. The molecule has 0 bridgehead atoms. The molecule has 0 nitrogen and oxygen atoms in total. The summed E-state index contributed by atoms with van der Waals surface area (Å²) in [5.74, 6) is -1.23. The zero-order chi connectivity index (χ0) is 19.9. The number of hydrogen-bond acceptors (Lipinski definition) is 0. The molecular formula is C24H32F4. The van der Waals surface area contributed by atoms with Gasteiger partial charge in [-0.25, -0.2) is 13.2 Å². The van der Waals surface area contributed by atoms with Gasteiger partial charge >= 0.3 is 0 Å². The standard InChI is InChI=1S/C24H32F4/c25-14-2-1-3-17-4-6-18(7-5-17)8-9-19-10-12-20(13-11-19)21-15-22(26)24(28)23(27)16-21/h1,3,15-20H,2,4-14H2. The van der Waals surface area contributed by atoms with Crippen molar-refractivity contribution in [2.75, 3.05) is 6.67 Å². The van der Waals surface area contributed by atoms with Gasteiger partial charge in [-0.1, -0.05) is 25.0 Å². The van der Waals surface area contributed by atoms with Gasteiger partial charge in [0.1, 0.15) is 0 Å². The molecule has 0 amide bonds. The Balaban J connectivity index is 1.37. The summed E-state index contributed by atoms with van der Waals surface area (Å²) in [6.07, 6.45) is 16.3. The molecule has 2 aliphatic rings. The number of halogens is 4. The Morgan fingerprint density at radius 1 is 0.786 bits per heavy atom. The van der Waals surface area contributed by atoms with Gasteiger partial charge in [-0.2, -0.15) is 0 Å². The molecule has 2 fully saturated rings. The predicted molar refractivity (Wildman–Crippen MR) is 105 cm³/mol. The van der Waals surface area contributed by atoms with Crippen molar-refractivity contribution in [2.45, 2.75) is 76.5 Å². The highest BCUT2D eigenvalue weighted by atomic mass is 19.2. The number of alkyl halides is 1. The van der Waals surface area contributed by atoms with E-state index in [1.54, 1.807) is 0 Å². The van der Waals surface area contributed by atoms with Crippen LogP contribution in [0.25, 0.3) is 0 Å². The van der Waals surface area contributed by atoms with Gasteiger partial charge in [-0.3, -0.25) is 4.39 Å². The highest BCUT2D eigenvalue weighted by molar-refractivity contribution is 5.23. The van der Waals surface area contributed by atoms with Crippen LogP contribution >= 0.6 is 0 Å². The zero-order valence-corrected chi connectivity index (χ0v) is 16.6. The number of allylic oxidation sites excluding steroid dienone is 2. The van der Waals surface area contributed by atoms with Crippen molar-refractivity contribution in [1.29, 1.82) is 0 Å². The van der Waals surface area contributed by atoms with Crippen molar-refractivity contribution in [3.05, 3.63) is 47.3 Å². The molecule has 3 rings (SSSR count). The maximum Gasteiger partial charge on any atom is 0.194 e. The predicted octanol–water partition coefficient (Wildman–Crippen LogP) is 7.88. The molecule has 1 aromatic rings. The summed E-state index contributed by atoms with van der Waals surface area (Å²) in [7, 11) is 0. The van der Waals surface area contributed by atoms with Gasteiger partial charge in [0.2, 0.25) is 0 Å². The molecule has 0 aliphatic heterocycles. The molecule has 0 N–H and O–H groups in total. The van der Waals surface area contributed by atoms with E-state index in [1.807, 2.05) is 6.08 Å². The lowest BCUT2D eigenvalue weighted by atomic mass is 9.74. The van der Waals surface area contributed by atoms with E-state index >= 15 is 0 Å². The third kappa shape index (κ3) is 5.84. The van der Waals surface area contributed by atoms with Crippen molar-refractivity contribution in [1.82, 2.24) is 0 Å². The quantitative estimate of drug-likeness (QED) is 0.250. The van der Waals surface area contributed by atoms with Gasteiger partial charge in [0.15, 0.2) is 17.5 Å². The minimum atomic E-state index is -1.37. The first kappa shape index (κ1) is 21.4. The van der Waals surface area contributed by atoms with E-state index in [0.29, 0.717) is 23.8 Å². The number of rotatable bonds is 7. The molecule has 4 heteroatoms. The zero-order valence-electron chi connectivity index (χ0n) is 16.6. The van der Waals surface area contributed by atoms with Crippen molar-refractivity contribution >= 4 is 0 Å². The van der Waals surface area contributed by atoms with Crippen LogP contribution in [0.2, 0.25) is 0 Å². The minimum Gasteiger partial charge on any atom is -0.251 e. The first-order chi connectivity index (χ1) is 13.6. The largest absolute Gasteiger partial charge is 0.251 e. The smallest absolute Gasteiger partial charge is 0.194 e. The Kier molecular flexibility index (Phi) is 7.99. The van der Waals surface area contributed by atoms with Crippen LogP contribution in [0, 0.1) is 35.2 Å². The average Bonchev–Trinajstić information content (AvgIpc) is 2.71. The maximum atomic E-state index is 13.5. The van der Waals surface area contributed by atoms with Crippen LogP contribution in [-0.4, -0.2) is 6.67 Å². The summed E-state index contributed by atoms with van der Waals surface area (Å²) in [5.41, 5.74) is 0.606. The SMILES string of the molecule is FCCC=CC1CCC(CCC2CCC(c3cc(F)c(F)c(F)c3)CC2)CC1. The van der Waals surface area contributed by atoms with Gasteiger partial charge in [0.05, 0.1) is 6.67 Å². The first-order valence-corrected chi connectivity index (χ1v) is 10.9. The second-order valence-electron chi connectivity index (χ2n) is 8.78. The van der Waals surface area contributed by atoms with E-state index in [2.05, 4.69) is 6.08 Å². The van der Waals surface area contributed by atoms with Crippen LogP contribution in [0.4, 0.5) is 17.6 Å². The molecule has 0 spiro atoms. The molecule has 0 atom stereocenters. The second kappa shape index (κ2) is 10.5. The lowest BCUT2D eigenvalue weighted by Gasteiger charge is -2.31. The molecule has 0 aromatic heterocycles. The van der Waals surface area contributed by atoms with Crippen LogP contribution in [0.1, 0.15) is 82.1 Å². The molecule has 1 aromatic carbocycles. The van der Waals surface area contributed by atoms with Crippen molar-refractivity contribution in [2.24, 2.45) is 17.8 Å². The maximum absolute atomic E-state index is 13.5. The molecule has 0 unspecified atom stereocenters. The van der Waals surface area contributed by atoms with Crippen LogP contribution in [0.3, 0.4) is 0 Å². The average molecular weight is 397 g/mol. The Bertz CT molecular complexity index is 615. The summed E-state index contributed by atoms with van der Waals surface area (Å²) < 4.78 is 52.3. The Morgan fingerprint density at radius 2 is 1.32 bits per heavy atom. The fraction of sp³-hybridized carbons (Fsp3) is 0.667. The monoisotopic (exact) mass is 396 g/mol. The fourth-order valence-electron chi connectivity index (χ4n) is 5.09. The normalized spacial score (nSPS) is 28.7. The van der Waals surface area contributed by atoms with E-state index in [-0.39, 0.29) is 12.6 Å². The molecule has 0 heterocycles. The third-order valence-corrected chi connectivity index (χ3v) is 6.88. The third-order valence-electron chi connectivity index (χ3n) is 6.88. The molecule has 2 saturated carbocycles. The molecular weight excluding hydrogens is 364 g/mol. The summed E-state index contributed by atoms with van der Waals surface area (Å²) in [6.45, 7) is -0.265. The van der Waals surface area contributed by atoms with Crippen LogP contribution in [0.5, 0.6) is 0 Å². The molecule has 28 heavy (non-hydrogen) atoms. The highest BCUT2D eigenvalue weighted by Crippen LogP contribution is 2.40. The second-order valence-corrected chi connectivity index (χ2v) is 8.78. The van der Waals surface area contributed by atoms with E-state index in [0.717, 1.165) is 31.6 Å². The van der Waals surface area contributed by atoms with E-state index < -0.39 is 17.5 Å². The number of hydrogen-bond donors (Lipinski definition) is 0. The van der Waals surface area contributed by atoms with E-state index in [4.69, 9.17) is 0 Å². The summed E-state index contributed by atoms with van der Waals surface area (Å²) in [5, 5.41) is 0. The van der Waals surface area contributed by atoms with Gasteiger partial charge < -0.3 is 0 Å². The van der Waals surface area contributed by atoms with E-state index in [1.165, 1.54) is 50.7 Å². The Morgan fingerprint density at radius 3 is 1.86 bits per heavy atom. The first-order valence-electron chi connectivity index (χ1n) is 10.9.